The van der Waals surface area contributed by atoms with Crippen LogP contribution in [0.2, 0.25) is 0 Å². The fourth-order valence-electron chi connectivity index (χ4n) is 4.93. The van der Waals surface area contributed by atoms with E-state index in [2.05, 4.69) is 15.0 Å². The molecule has 2 aliphatic carbocycles. The Morgan fingerprint density at radius 1 is 1.41 bits per heavy atom. The van der Waals surface area contributed by atoms with Crippen molar-refractivity contribution in [2.75, 3.05) is 19.0 Å². The highest BCUT2D eigenvalue weighted by molar-refractivity contribution is 7.10. The minimum absolute atomic E-state index is 0.0252. The van der Waals surface area contributed by atoms with Gasteiger partial charge in [0, 0.05) is 31.0 Å². The van der Waals surface area contributed by atoms with Crippen molar-refractivity contribution in [2.45, 2.75) is 51.2 Å². The molecule has 1 aliphatic heterocycles. The molecule has 120 valence electrons. The van der Waals surface area contributed by atoms with Crippen molar-refractivity contribution in [1.29, 1.82) is 0 Å². The number of hydrogen-bond donors (Lipinski definition) is 2. The third kappa shape index (κ3) is 1.86. The Hall–Kier alpha value is -1.14. The molecule has 1 aromatic heterocycles. The molecule has 6 heteroatoms. The summed E-state index contributed by atoms with van der Waals surface area (Å²) in [5, 5.41) is 7.29. The number of fused-ring (bicyclic) bond motifs is 2. The second-order valence-electron chi connectivity index (χ2n) is 6.86. The van der Waals surface area contributed by atoms with E-state index in [4.69, 9.17) is 4.74 Å². The van der Waals surface area contributed by atoms with Gasteiger partial charge in [-0.3, -0.25) is 4.79 Å². The number of amides is 1. The number of carbonyl (C=O) groups excluding carboxylic acids is 1. The van der Waals surface area contributed by atoms with Crippen molar-refractivity contribution >= 4 is 22.4 Å². The minimum Gasteiger partial charge on any atom is -0.378 e. The van der Waals surface area contributed by atoms with Gasteiger partial charge in [0.15, 0.2) is 0 Å². The van der Waals surface area contributed by atoms with Gasteiger partial charge in [-0.25, -0.2) is 0 Å². The van der Waals surface area contributed by atoms with Gasteiger partial charge in [0.2, 0.25) is 0 Å². The van der Waals surface area contributed by atoms with Gasteiger partial charge in [0.05, 0.1) is 17.4 Å². The molecule has 4 rings (SSSR count). The smallest absolute Gasteiger partial charge is 0.256 e. The summed E-state index contributed by atoms with van der Waals surface area (Å²) in [7, 11) is 1.84. The zero-order chi connectivity index (χ0) is 15.3. The largest absolute Gasteiger partial charge is 0.378 e. The highest BCUT2D eigenvalue weighted by Gasteiger charge is 2.65. The summed E-state index contributed by atoms with van der Waals surface area (Å²) in [6, 6.07) is 0.277. The summed E-state index contributed by atoms with van der Waals surface area (Å²) < 4.78 is 10.3. The van der Waals surface area contributed by atoms with Crippen LogP contribution in [0.25, 0.3) is 0 Å². The first kappa shape index (κ1) is 14.5. The number of aryl methyl sites for hydroxylation is 1. The van der Waals surface area contributed by atoms with Crippen LogP contribution in [0.15, 0.2) is 0 Å². The summed E-state index contributed by atoms with van der Waals surface area (Å²) in [5.41, 5.74) is 1.72. The zero-order valence-corrected chi connectivity index (χ0v) is 14.0. The van der Waals surface area contributed by atoms with Gasteiger partial charge in [-0.1, -0.05) is 12.8 Å². The van der Waals surface area contributed by atoms with Crippen molar-refractivity contribution in [3.05, 3.63) is 11.3 Å². The molecule has 5 nitrogen and oxygen atoms in total. The van der Waals surface area contributed by atoms with Gasteiger partial charge in [-0.05, 0) is 37.7 Å². The van der Waals surface area contributed by atoms with E-state index in [1.165, 1.54) is 37.2 Å². The van der Waals surface area contributed by atoms with Crippen molar-refractivity contribution in [2.24, 2.45) is 11.3 Å². The first-order valence-electron chi connectivity index (χ1n) is 8.24. The van der Waals surface area contributed by atoms with E-state index in [0.29, 0.717) is 17.6 Å². The summed E-state index contributed by atoms with van der Waals surface area (Å²) in [5.74, 6) is 0.532. The summed E-state index contributed by atoms with van der Waals surface area (Å²) >= 11 is 1.35. The van der Waals surface area contributed by atoms with Gasteiger partial charge >= 0.3 is 0 Å². The lowest BCUT2D eigenvalue weighted by atomic mass is 9.54. The quantitative estimate of drug-likeness (QED) is 0.898. The van der Waals surface area contributed by atoms with E-state index < -0.39 is 0 Å². The summed E-state index contributed by atoms with van der Waals surface area (Å²) in [4.78, 5) is 12.8. The number of hydrogen-bond acceptors (Lipinski definition) is 5. The van der Waals surface area contributed by atoms with Gasteiger partial charge in [0.25, 0.3) is 5.91 Å². The molecular weight excluding hydrogens is 298 g/mol. The number of nitrogens with zero attached hydrogens (tertiary/aromatic N) is 1. The Morgan fingerprint density at radius 2 is 2.18 bits per heavy atom. The second kappa shape index (κ2) is 5.20. The maximum atomic E-state index is 12.8. The monoisotopic (exact) mass is 321 g/mol. The third-order valence-corrected chi connectivity index (χ3v) is 6.85. The Morgan fingerprint density at radius 3 is 2.91 bits per heavy atom. The number of ether oxygens (including phenoxy) is 1. The van der Waals surface area contributed by atoms with Crippen LogP contribution in [-0.4, -0.2) is 36.1 Å². The fraction of sp³-hybridized carbons (Fsp3) is 0.750. The predicted molar refractivity (Wildman–Crippen MR) is 86.4 cm³/mol. The van der Waals surface area contributed by atoms with Crippen molar-refractivity contribution in [1.82, 2.24) is 9.69 Å². The van der Waals surface area contributed by atoms with Crippen LogP contribution >= 0.6 is 11.5 Å². The molecule has 2 heterocycles. The summed E-state index contributed by atoms with van der Waals surface area (Å²) in [6.07, 6.45) is 6.37. The SMILES string of the molecule is CNc1snc(C)c1C(=O)N[C@@H]1[C@H]2CCO[C@@H]2C12CCCC2. The minimum atomic E-state index is 0.0252. The van der Waals surface area contributed by atoms with Gasteiger partial charge in [0.1, 0.15) is 5.00 Å². The van der Waals surface area contributed by atoms with E-state index in [1.807, 2.05) is 14.0 Å². The van der Waals surface area contributed by atoms with Gasteiger partial charge < -0.3 is 15.4 Å². The fourth-order valence-corrected chi connectivity index (χ4v) is 5.67. The van der Waals surface area contributed by atoms with Crippen LogP contribution in [0.4, 0.5) is 5.00 Å². The number of nitrogens with one attached hydrogen (secondary N) is 2. The van der Waals surface area contributed by atoms with E-state index in [-0.39, 0.29) is 17.4 Å². The molecule has 3 fully saturated rings. The van der Waals surface area contributed by atoms with Gasteiger partial charge in [-0.15, -0.1) is 0 Å². The topological polar surface area (TPSA) is 63.2 Å². The third-order valence-electron chi connectivity index (χ3n) is 5.89. The van der Waals surface area contributed by atoms with Gasteiger partial charge in [-0.2, -0.15) is 4.37 Å². The second-order valence-corrected chi connectivity index (χ2v) is 7.63. The van der Waals surface area contributed by atoms with Crippen LogP contribution in [0.1, 0.15) is 48.2 Å². The molecular formula is C16H23N3O2S. The first-order valence-corrected chi connectivity index (χ1v) is 9.01. The molecule has 3 atom stereocenters. The van der Waals surface area contributed by atoms with Crippen molar-refractivity contribution in [3.8, 4) is 0 Å². The van der Waals surface area contributed by atoms with Crippen molar-refractivity contribution < 1.29 is 9.53 Å². The molecule has 3 aliphatic rings. The molecule has 1 saturated heterocycles. The van der Waals surface area contributed by atoms with Crippen LogP contribution < -0.4 is 10.6 Å². The maximum absolute atomic E-state index is 12.8. The maximum Gasteiger partial charge on any atom is 0.256 e. The molecule has 0 bridgehead atoms. The van der Waals surface area contributed by atoms with E-state index in [1.54, 1.807) is 0 Å². The zero-order valence-electron chi connectivity index (χ0n) is 13.1. The molecule has 1 aromatic rings. The average Bonchev–Trinajstić information content (AvgIpc) is 3.22. The lowest BCUT2D eigenvalue weighted by Crippen LogP contribution is -2.68. The molecule has 2 saturated carbocycles. The average molecular weight is 321 g/mol. The Bertz CT molecular complexity index is 594. The molecule has 0 unspecified atom stereocenters. The molecule has 1 amide bonds. The molecule has 0 aromatic carbocycles. The van der Waals surface area contributed by atoms with Crippen LogP contribution in [0.5, 0.6) is 0 Å². The first-order chi connectivity index (χ1) is 10.7. The van der Waals surface area contributed by atoms with E-state index in [9.17, 15) is 4.79 Å². The standard InChI is InChI=1S/C16H23N3O2S/c1-9-11(15(17-2)22-19-9)14(20)18-12-10-5-8-21-13(10)16(12)6-3-4-7-16/h10,12-13,17H,3-8H2,1-2H3,(H,18,20)/t10-,12-,13+/m1/s1. The Kier molecular flexibility index (Phi) is 3.42. The van der Waals surface area contributed by atoms with Crippen LogP contribution in [-0.2, 0) is 4.74 Å². The normalized spacial score (nSPS) is 31.8. The number of aromatic nitrogens is 1. The molecule has 2 N–H and O–H groups in total. The summed E-state index contributed by atoms with van der Waals surface area (Å²) in [6.45, 7) is 2.75. The lowest BCUT2D eigenvalue weighted by Gasteiger charge is -2.56. The highest BCUT2D eigenvalue weighted by atomic mass is 32.1. The molecule has 0 radical (unpaired) electrons. The predicted octanol–water partition coefficient (Wildman–Crippen LogP) is 2.57. The van der Waals surface area contributed by atoms with Crippen LogP contribution in [0.3, 0.4) is 0 Å². The number of anilines is 1. The lowest BCUT2D eigenvalue weighted by molar-refractivity contribution is -0.126. The molecule has 22 heavy (non-hydrogen) atoms. The highest BCUT2D eigenvalue weighted by Crippen LogP contribution is 2.60. The Balaban J connectivity index is 1.57. The van der Waals surface area contributed by atoms with E-state index in [0.717, 1.165) is 23.7 Å². The molecule has 1 spiro atoms. The Labute approximate surface area is 135 Å². The van der Waals surface area contributed by atoms with Crippen LogP contribution in [0, 0.1) is 18.3 Å². The number of carbonyl (C=O) groups is 1. The van der Waals surface area contributed by atoms with E-state index >= 15 is 0 Å². The van der Waals surface area contributed by atoms with Crippen molar-refractivity contribution in [3.63, 3.8) is 0 Å². The number of rotatable bonds is 3.